The van der Waals surface area contributed by atoms with Crippen LogP contribution in [-0.2, 0) is 30.7 Å². The second-order valence-corrected chi connectivity index (χ2v) is 12.5. The zero-order chi connectivity index (χ0) is 28.6. The van der Waals surface area contributed by atoms with Crippen LogP contribution in [0.4, 0.5) is 0 Å². The molecular formula is C30H32N2O8S. The van der Waals surface area contributed by atoms with Crippen molar-refractivity contribution >= 4 is 16.0 Å². The summed E-state index contributed by atoms with van der Waals surface area (Å²) in [6, 6.07) is 17.6. The third kappa shape index (κ3) is 5.02. The van der Waals surface area contributed by atoms with E-state index in [1.807, 2.05) is 18.2 Å². The van der Waals surface area contributed by atoms with Crippen molar-refractivity contribution in [2.24, 2.45) is 0 Å². The summed E-state index contributed by atoms with van der Waals surface area (Å²) >= 11 is 0. The van der Waals surface area contributed by atoms with Gasteiger partial charge in [-0.3, -0.25) is 4.79 Å². The molecule has 0 bridgehead atoms. The molecule has 3 heterocycles. The molecule has 11 heteroatoms. The fraction of sp³-hybridized carbons (Fsp3) is 0.400. The number of sulfonamides is 1. The first kappa shape index (κ1) is 27.5. The Hall–Kier alpha value is -3.67. The summed E-state index contributed by atoms with van der Waals surface area (Å²) in [6.07, 6.45) is 3.96. The Kier molecular flexibility index (Phi) is 7.35. The molecule has 1 aromatic heterocycles. The zero-order valence-corrected chi connectivity index (χ0v) is 23.5. The van der Waals surface area contributed by atoms with Gasteiger partial charge in [0.25, 0.3) is 5.79 Å². The molecule has 216 valence electrons. The molecule has 2 fully saturated rings. The van der Waals surface area contributed by atoms with Crippen LogP contribution in [0.15, 0.2) is 77.8 Å². The van der Waals surface area contributed by atoms with Gasteiger partial charge in [-0.1, -0.05) is 36.4 Å². The number of fused-ring (bicyclic) bond motifs is 1. The van der Waals surface area contributed by atoms with Crippen LogP contribution < -0.4 is 14.2 Å². The van der Waals surface area contributed by atoms with Crippen LogP contribution in [0.25, 0.3) is 0 Å². The van der Waals surface area contributed by atoms with Gasteiger partial charge in [0.1, 0.15) is 18.8 Å². The molecule has 41 heavy (non-hydrogen) atoms. The number of ether oxygens (including phenoxy) is 4. The highest BCUT2D eigenvalue weighted by Crippen LogP contribution is 2.52. The van der Waals surface area contributed by atoms with Crippen LogP contribution in [0.2, 0.25) is 0 Å². The van der Waals surface area contributed by atoms with Crippen molar-refractivity contribution in [3.63, 3.8) is 0 Å². The lowest BCUT2D eigenvalue weighted by Gasteiger charge is -2.28. The van der Waals surface area contributed by atoms with Crippen LogP contribution in [0.3, 0.4) is 0 Å². The molecule has 4 atom stereocenters. The van der Waals surface area contributed by atoms with E-state index < -0.39 is 27.8 Å². The molecule has 1 spiro atoms. The third-order valence-corrected chi connectivity index (χ3v) is 10.0. The molecule has 1 aliphatic carbocycles. The summed E-state index contributed by atoms with van der Waals surface area (Å²) in [7, 11) is -2.38. The second kappa shape index (κ2) is 11.0. The number of pyridine rings is 1. The molecule has 3 aliphatic rings. The molecule has 1 saturated carbocycles. The number of nitrogens with zero attached hydrogens (tertiary/aromatic N) is 2. The molecule has 2 aromatic carbocycles. The molecule has 0 N–H and O–H groups in total. The van der Waals surface area contributed by atoms with E-state index in [2.05, 4.69) is 0 Å². The lowest BCUT2D eigenvalue weighted by molar-refractivity contribution is -0.614. The Morgan fingerprint density at radius 3 is 2.68 bits per heavy atom. The number of benzene rings is 2. The fourth-order valence-corrected chi connectivity index (χ4v) is 7.77. The lowest BCUT2D eigenvalue weighted by Crippen LogP contribution is -2.46. The average Bonchev–Trinajstić information content (AvgIpc) is 3.71. The maximum atomic E-state index is 13.8. The molecule has 0 amide bonds. The summed E-state index contributed by atoms with van der Waals surface area (Å²) in [5.41, 5.74) is 1.23. The Morgan fingerprint density at radius 1 is 1.10 bits per heavy atom. The summed E-state index contributed by atoms with van der Waals surface area (Å²) in [4.78, 5) is 13.5. The molecule has 1 saturated heterocycles. The van der Waals surface area contributed by atoms with E-state index in [-0.39, 0.29) is 42.9 Å². The topological polar surface area (TPSA) is 118 Å². The predicted molar refractivity (Wildman–Crippen MR) is 147 cm³/mol. The van der Waals surface area contributed by atoms with Gasteiger partial charge in [-0.2, -0.15) is 9.04 Å². The minimum absolute atomic E-state index is 0.0515. The Balaban J connectivity index is 1.27. The monoisotopic (exact) mass is 580 g/mol. The zero-order valence-electron chi connectivity index (χ0n) is 22.7. The van der Waals surface area contributed by atoms with Gasteiger partial charge < -0.3 is 24.2 Å². The summed E-state index contributed by atoms with van der Waals surface area (Å²) < 4.78 is 53.5. The van der Waals surface area contributed by atoms with E-state index in [1.165, 1.54) is 22.6 Å². The van der Waals surface area contributed by atoms with E-state index in [1.54, 1.807) is 43.5 Å². The van der Waals surface area contributed by atoms with Crippen molar-refractivity contribution in [2.75, 3.05) is 20.3 Å². The number of hydrogen-bond donors (Lipinski definition) is 0. The highest BCUT2D eigenvalue weighted by atomic mass is 32.2. The highest BCUT2D eigenvalue weighted by molar-refractivity contribution is 7.89. The smallest absolute Gasteiger partial charge is 0.324 e. The van der Waals surface area contributed by atoms with Gasteiger partial charge in [-0.05, 0) is 37.5 Å². The van der Waals surface area contributed by atoms with Gasteiger partial charge in [0.2, 0.25) is 10.0 Å². The predicted octanol–water partition coefficient (Wildman–Crippen LogP) is 3.32. The van der Waals surface area contributed by atoms with E-state index >= 15 is 0 Å². The first-order valence-electron chi connectivity index (χ1n) is 13.8. The van der Waals surface area contributed by atoms with Crippen LogP contribution in [-0.4, -0.2) is 56.9 Å². The minimum Gasteiger partial charge on any atom is -0.619 e. The van der Waals surface area contributed by atoms with Crippen LogP contribution >= 0.6 is 0 Å². The van der Waals surface area contributed by atoms with Crippen molar-refractivity contribution in [2.45, 2.75) is 60.9 Å². The van der Waals surface area contributed by atoms with E-state index in [0.29, 0.717) is 23.6 Å². The fourth-order valence-electron chi connectivity index (χ4n) is 6.12. The number of carbonyl (C=O) groups is 1. The van der Waals surface area contributed by atoms with Crippen molar-refractivity contribution < 1.29 is 36.9 Å². The molecule has 6 rings (SSSR count). The number of methoxy groups -OCH3 is 1. The summed E-state index contributed by atoms with van der Waals surface area (Å²) in [5.74, 6) is -0.757. The molecular weight excluding hydrogens is 548 g/mol. The molecule has 3 aromatic rings. The highest BCUT2D eigenvalue weighted by Gasteiger charge is 2.54. The SMILES string of the molecule is COC1CCCC12Oc1cccc(C3C[C@@H](C(=O)OCCc4cccc[n+]4[O-])N(S(=O)(=O)c4ccccc4)C3)c1O2. The normalized spacial score (nSPS) is 25.5. The van der Waals surface area contributed by atoms with Crippen molar-refractivity contribution in [3.8, 4) is 11.5 Å². The number of carbonyl (C=O) groups excluding carboxylic acids is 1. The van der Waals surface area contributed by atoms with E-state index in [4.69, 9.17) is 18.9 Å². The van der Waals surface area contributed by atoms with Gasteiger partial charge in [0, 0.05) is 43.7 Å². The van der Waals surface area contributed by atoms with Crippen molar-refractivity contribution in [1.29, 1.82) is 0 Å². The van der Waals surface area contributed by atoms with Gasteiger partial charge >= 0.3 is 5.97 Å². The van der Waals surface area contributed by atoms with Crippen molar-refractivity contribution in [3.05, 3.63) is 89.4 Å². The number of aromatic nitrogens is 1. The van der Waals surface area contributed by atoms with Crippen LogP contribution in [0.5, 0.6) is 11.5 Å². The summed E-state index contributed by atoms with van der Waals surface area (Å²) in [5, 5.41) is 12.0. The molecule has 2 aliphatic heterocycles. The minimum atomic E-state index is -4.02. The number of rotatable bonds is 8. The van der Waals surface area contributed by atoms with Gasteiger partial charge in [-0.15, -0.1) is 0 Å². The quantitative estimate of drug-likeness (QED) is 0.226. The first-order chi connectivity index (χ1) is 19.8. The lowest BCUT2D eigenvalue weighted by atomic mass is 9.95. The van der Waals surface area contributed by atoms with Crippen molar-refractivity contribution in [1.82, 2.24) is 4.31 Å². The third-order valence-electron chi connectivity index (χ3n) is 8.16. The molecule has 3 unspecified atom stereocenters. The summed E-state index contributed by atoms with van der Waals surface area (Å²) in [6.45, 7) is 0.0147. The second-order valence-electron chi connectivity index (χ2n) is 10.6. The average molecular weight is 581 g/mol. The Morgan fingerprint density at radius 2 is 1.90 bits per heavy atom. The van der Waals surface area contributed by atoms with Crippen LogP contribution in [0.1, 0.15) is 42.9 Å². The molecule has 0 radical (unpaired) electrons. The van der Waals surface area contributed by atoms with Gasteiger partial charge in [-0.25, -0.2) is 8.42 Å². The standard InChI is InChI=1S/C30H32N2O8S/c1-37-27-14-8-16-30(27)39-26-13-7-12-24(28(26)40-30)21-19-25(29(33)38-18-15-22-9-5-6-17-31(22)34)32(20-21)41(35,36)23-10-3-2-4-11-23/h2-7,9-13,17,21,25,27H,8,14-16,18-20H2,1H3/t21?,25-,27?,30?/m0/s1. The number of para-hydroxylation sites is 1. The Bertz CT molecular complexity index is 1530. The number of esters is 1. The van der Waals surface area contributed by atoms with E-state index in [9.17, 15) is 18.4 Å². The van der Waals surface area contributed by atoms with Gasteiger partial charge in [0.05, 0.1) is 11.3 Å². The van der Waals surface area contributed by atoms with Gasteiger partial charge in [0.15, 0.2) is 23.4 Å². The molecule has 10 nitrogen and oxygen atoms in total. The largest absolute Gasteiger partial charge is 0.619 e. The maximum Gasteiger partial charge on any atom is 0.324 e. The maximum absolute atomic E-state index is 13.8. The Labute approximate surface area is 239 Å². The van der Waals surface area contributed by atoms with Crippen LogP contribution in [0, 0.1) is 5.21 Å². The number of hydrogen-bond acceptors (Lipinski definition) is 8. The first-order valence-corrected chi connectivity index (χ1v) is 15.2. The van der Waals surface area contributed by atoms with E-state index in [0.717, 1.165) is 23.1 Å².